The van der Waals surface area contributed by atoms with E-state index in [4.69, 9.17) is 9.47 Å². The first-order valence-electron chi connectivity index (χ1n) is 9.60. The number of ether oxygens (including phenoxy) is 2. The SMILES string of the molecule is COc1ccc(C2CC(=O)N(c3cccc(F)c3)C3=C2C(=O)CCC3)cc1OC. The molecule has 2 aromatic carbocycles. The van der Waals surface area contributed by atoms with Gasteiger partial charge in [0.15, 0.2) is 17.3 Å². The van der Waals surface area contributed by atoms with Crippen LogP contribution in [-0.4, -0.2) is 25.9 Å². The lowest BCUT2D eigenvalue weighted by Gasteiger charge is -2.38. The molecule has 0 N–H and O–H groups in total. The number of carbonyl (C=O) groups is 2. The molecule has 29 heavy (non-hydrogen) atoms. The molecule has 6 heteroatoms. The zero-order valence-corrected chi connectivity index (χ0v) is 16.4. The van der Waals surface area contributed by atoms with Gasteiger partial charge in [-0.1, -0.05) is 12.1 Å². The molecule has 1 unspecified atom stereocenters. The lowest BCUT2D eigenvalue weighted by molar-refractivity contribution is -0.119. The molecule has 5 nitrogen and oxygen atoms in total. The molecule has 1 atom stereocenters. The van der Waals surface area contributed by atoms with E-state index in [0.29, 0.717) is 47.7 Å². The Labute approximate surface area is 168 Å². The van der Waals surface area contributed by atoms with Gasteiger partial charge in [0.2, 0.25) is 5.91 Å². The van der Waals surface area contributed by atoms with Gasteiger partial charge in [0.25, 0.3) is 0 Å². The van der Waals surface area contributed by atoms with Crippen molar-refractivity contribution < 1.29 is 23.5 Å². The summed E-state index contributed by atoms with van der Waals surface area (Å²) in [6, 6.07) is 11.4. The molecule has 0 bridgehead atoms. The summed E-state index contributed by atoms with van der Waals surface area (Å²) >= 11 is 0. The summed E-state index contributed by atoms with van der Waals surface area (Å²) in [7, 11) is 3.11. The van der Waals surface area contributed by atoms with E-state index in [-0.39, 0.29) is 24.0 Å². The fourth-order valence-electron chi connectivity index (χ4n) is 4.26. The Kier molecular flexibility index (Phi) is 5.09. The molecule has 4 rings (SSSR count). The molecule has 1 aliphatic heterocycles. The highest BCUT2D eigenvalue weighted by atomic mass is 19.1. The molecular weight excluding hydrogens is 373 g/mol. The number of halogens is 1. The third-order valence-corrected chi connectivity index (χ3v) is 5.55. The standard InChI is InChI=1S/C23H22FNO4/c1-28-20-10-9-14(11-21(20)29-2)17-13-22(27)25(16-6-3-5-15(24)12-16)18-7-4-8-19(26)23(17)18/h3,5-6,9-12,17H,4,7-8,13H2,1-2H3. The van der Waals surface area contributed by atoms with Crippen LogP contribution in [0.3, 0.4) is 0 Å². The summed E-state index contributed by atoms with van der Waals surface area (Å²) in [5.41, 5.74) is 2.62. The van der Waals surface area contributed by atoms with Crippen molar-refractivity contribution in [2.24, 2.45) is 0 Å². The van der Waals surface area contributed by atoms with Crippen LogP contribution in [-0.2, 0) is 9.59 Å². The van der Waals surface area contributed by atoms with Crippen molar-refractivity contribution in [2.45, 2.75) is 31.6 Å². The Bertz CT molecular complexity index is 1010. The van der Waals surface area contributed by atoms with Crippen molar-refractivity contribution in [2.75, 3.05) is 19.1 Å². The van der Waals surface area contributed by atoms with E-state index >= 15 is 0 Å². The lowest BCUT2D eigenvalue weighted by atomic mass is 9.77. The van der Waals surface area contributed by atoms with Crippen LogP contribution in [0.5, 0.6) is 11.5 Å². The second-order valence-electron chi connectivity index (χ2n) is 7.22. The van der Waals surface area contributed by atoms with Crippen LogP contribution in [0.4, 0.5) is 10.1 Å². The van der Waals surface area contributed by atoms with E-state index in [2.05, 4.69) is 0 Å². The number of benzene rings is 2. The van der Waals surface area contributed by atoms with Gasteiger partial charge in [-0.15, -0.1) is 0 Å². The summed E-state index contributed by atoms with van der Waals surface area (Å²) in [4.78, 5) is 27.6. The van der Waals surface area contributed by atoms with E-state index in [1.165, 1.54) is 17.0 Å². The summed E-state index contributed by atoms with van der Waals surface area (Å²) in [6.45, 7) is 0. The van der Waals surface area contributed by atoms with Crippen molar-refractivity contribution in [3.8, 4) is 11.5 Å². The minimum absolute atomic E-state index is 0.0416. The average Bonchev–Trinajstić information content (AvgIpc) is 2.72. The Morgan fingerprint density at radius 1 is 1.00 bits per heavy atom. The van der Waals surface area contributed by atoms with Crippen molar-refractivity contribution in [3.63, 3.8) is 0 Å². The maximum atomic E-state index is 13.8. The van der Waals surface area contributed by atoms with Crippen LogP contribution in [0.25, 0.3) is 0 Å². The third-order valence-electron chi connectivity index (χ3n) is 5.55. The molecule has 1 heterocycles. The van der Waals surface area contributed by atoms with Gasteiger partial charge in [-0.25, -0.2) is 4.39 Å². The Morgan fingerprint density at radius 2 is 1.79 bits per heavy atom. The molecule has 0 fully saturated rings. The van der Waals surface area contributed by atoms with Gasteiger partial charge < -0.3 is 9.47 Å². The molecule has 2 aromatic rings. The lowest BCUT2D eigenvalue weighted by Crippen LogP contribution is -2.40. The second-order valence-corrected chi connectivity index (χ2v) is 7.22. The predicted molar refractivity (Wildman–Crippen MR) is 107 cm³/mol. The van der Waals surface area contributed by atoms with Crippen LogP contribution in [0.2, 0.25) is 0 Å². The maximum Gasteiger partial charge on any atom is 0.232 e. The van der Waals surface area contributed by atoms with E-state index in [0.717, 1.165) is 5.56 Å². The first kappa shape index (κ1) is 19.2. The molecule has 150 valence electrons. The number of ketones is 1. The van der Waals surface area contributed by atoms with Gasteiger partial charge in [0.05, 0.1) is 19.9 Å². The van der Waals surface area contributed by atoms with E-state index in [1.54, 1.807) is 32.4 Å². The second kappa shape index (κ2) is 7.70. The number of rotatable bonds is 4. The summed E-state index contributed by atoms with van der Waals surface area (Å²) in [5, 5.41) is 0. The zero-order chi connectivity index (χ0) is 20.5. The van der Waals surface area contributed by atoms with Crippen molar-refractivity contribution >= 4 is 17.4 Å². The van der Waals surface area contributed by atoms with Gasteiger partial charge >= 0.3 is 0 Å². The Balaban J connectivity index is 1.84. The number of nitrogens with zero attached hydrogens (tertiary/aromatic N) is 1. The fraction of sp³-hybridized carbons (Fsp3) is 0.304. The van der Waals surface area contributed by atoms with Gasteiger partial charge in [0, 0.05) is 30.0 Å². The molecule has 0 saturated heterocycles. The highest BCUT2D eigenvalue weighted by molar-refractivity contribution is 6.07. The number of allylic oxidation sites excluding steroid dienone is 2. The molecular formula is C23H22FNO4. The Hall–Kier alpha value is -3.15. The molecule has 1 amide bonds. The third kappa shape index (κ3) is 3.39. The van der Waals surface area contributed by atoms with E-state index < -0.39 is 5.82 Å². The zero-order valence-electron chi connectivity index (χ0n) is 16.4. The first-order chi connectivity index (χ1) is 14.0. The van der Waals surface area contributed by atoms with Crippen LogP contribution in [0.1, 0.15) is 37.2 Å². The smallest absolute Gasteiger partial charge is 0.232 e. The fourth-order valence-corrected chi connectivity index (χ4v) is 4.26. The molecule has 0 spiro atoms. The van der Waals surface area contributed by atoms with Crippen molar-refractivity contribution in [3.05, 3.63) is 65.1 Å². The minimum Gasteiger partial charge on any atom is -0.493 e. The number of hydrogen-bond acceptors (Lipinski definition) is 4. The Morgan fingerprint density at radius 3 is 2.52 bits per heavy atom. The quantitative estimate of drug-likeness (QED) is 0.771. The van der Waals surface area contributed by atoms with E-state index in [9.17, 15) is 14.0 Å². The monoisotopic (exact) mass is 395 g/mol. The molecule has 2 aliphatic rings. The highest BCUT2D eigenvalue weighted by Crippen LogP contribution is 2.44. The van der Waals surface area contributed by atoms with E-state index in [1.807, 2.05) is 12.1 Å². The topological polar surface area (TPSA) is 55.8 Å². The van der Waals surface area contributed by atoms with Gasteiger partial charge in [-0.05, 0) is 48.7 Å². The van der Waals surface area contributed by atoms with Crippen LogP contribution in [0, 0.1) is 5.82 Å². The molecule has 1 aliphatic carbocycles. The minimum atomic E-state index is -0.415. The van der Waals surface area contributed by atoms with Crippen LogP contribution in [0.15, 0.2) is 53.7 Å². The number of hydrogen-bond donors (Lipinski definition) is 0. The molecule has 0 radical (unpaired) electrons. The molecule has 0 saturated carbocycles. The van der Waals surface area contributed by atoms with Gasteiger partial charge in [0.1, 0.15) is 5.82 Å². The van der Waals surface area contributed by atoms with Crippen LogP contribution >= 0.6 is 0 Å². The van der Waals surface area contributed by atoms with Gasteiger partial charge in [-0.3, -0.25) is 14.5 Å². The summed E-state index contributed by atoms with van der Waals surface area (Å²) in [6.07, 6.45) is 1.87. The highest BCUT2D eigenvalue weighted by Gasteiger charge is 2.40. The van der Waals surface area contributed by atoms with Gasteiger partial charge in [-0.2, -0.15) is 0 Å². The number of anilines is 1. The largest absolute Gasteiger partial charge is 0.493 e. The van der Waals surface area contributed by atoms with Crippen LogP contribution < -0.4 is 14.4 Å². The number of carbonyl (C=O) groups excluding carboxylic acids is 2. The normalized spacial score (nSPS) is 19.3. The number of methoxy groups -OCH3 is 2. The predicted octanol–water partition coefficient (Wildman–Crippen LogP) is 4.37. The number of amides is 1. The first-order valence-corrected chi connectivity index (χ1v) is 9.60. The number of Topliss-reactive ketones (excluding diaryl/α,β-unsaturated/α-hetero) is 1. The molecule has 0 aromatic heterocycles. The van der Waals surface area contributed by atoms with Crippen molar-refractivity contribution in [1.82, 2.24) is 0 Å². The summed E-state index contributed by atoms with van der Waals surface area (Å²) in [5.74, 6) is 0.264. The van der Waals surface area contributed by atoms with Crippen molar-refractivity contribution in [1.29, 1.82) is 0 Å². The maximum absolute atomic E-state index is 13.8. The average molecular weight is 395 g/mol. The summed E-state index contributed by atoms with van der Waals surface area (Å²) < 4.78 is 24.5.